The molecular weight excluding hydrogens is 163 g/mol. The van der Waals surface area contributed by atoms with Crippen molar-refractivity contribution in [3.63, 3.8) is 0 Å². The van der Waals surface area contributed by atoms with Crippen molar-refractivity contribution in [2.24, 2.45) is 0 Å². The van der Waals surface area contributed by atoms with Crippen LogP contribution < -0.4 is 5.46 Å². The van der Waals surface area contributed by atoms with Crippen molar-refractivity contribution in [3.05, 3.63) is 29.3 Å². The quantitative estimate of drug-likeness (QED) is 0.588. The fourth-order valence-corrected chi connectivity index (χ4v) is 1.72. The van der Waals surface area contributed by atoms with Crippen LogP contribution in [0.5, 0.6) is 0 Å². The van der Waals surface area contributed by atoms with Crippen molar-refractivity contribution in [1.82, 2.24) is 0 Å². The topological polar surface area (TPSA) is 29.5 Å². The summed E-state index contributed by atoms with van der Waals surface area (Å²) in [6.45, 7) is 2.67. The molecule has 1 aromatic rings. The van der Waals surface area contributed by atoms with Gasteiger partial charge in [0.25, 0.3) is 0 Å². The van der Waals surface area contributed by atoms with Crippen LogP contribution in [0.2, 0.25) is 0 Å². The third-order valence-electron chi connectivity index (χ3n) is 2.43. The fraction of sp³-hybridized carbons (Fsp3) is 0.400. The second-order valence-corrected chi connectivity index (χ2v) is 3.53. The molecular formula is C10H13BO2. The van der Waals surface area contributed by atoms with Gasteiger partial charge in [0.15, 0.2) is 0 Å². The van der Waals surface area contributed by atoms with Crippen LogP contribution in [0.1, 0.15) is 17.5 Å². The molecule has 0 unspecified atom stereocenters. The highest BCUT2D eigenvalue weighted by atomic mass is 16.5. The minimum Gasteiger partial charge on any atom is -0.423 e. The molecule has 1 heterocycles. The zero-order valence-electron chi connectivity index (χ0n) is 7.79. The van der Waals surface area contributed by atoms with E-state index in [4.69, 9.17) is 4.65 Å². The molecule has 0 aromatic heterocycles. The number of benzene rings is 1. The van der Waals surface area contributed by atoms with E-state index >= 15 is 0 Å². The van der Waals surface area contributed by atoms with Gasteiger partial charge >= 0.3 is 7.12 Å². The molecule has 2 nitrogen and oxygen atoms in total. The summed E-state index contributed by atoms with van der Waals surface area (Å²) in [6, 6.07) is 6.17. The molecule has 2 rings (SSSR count). The Kier molecular flexibility index (Phi) is 2.38. The monoisotopic (exact) mass is 176 g/mol. The number of hydrogen-bond acceptors (Lipinski definition) is 2. The van der Waals surface area contributed by atoms with Gasteiger partial charge in [-0.2, -0.15) is 0 Å². The first kappa shape index (κ1) is 8.79. The van der Waals surface area contributed by atoms with Crippen molar-refractivity contribution in [3.8, 4) is 0 Å². The highest BCUT2D eigenvalue weighted by Gasteiger charge is 2.22. The molecule has 0 amide bonds. The van der Waals surface area contributed by atoms with E-state index in [0.29, 0.717) is 6.61 Å². The zero-order chi connectivity index (χ0) is 9.26. The van der Waals surface area contributed by atoms with Crippen LogP contribution in [0.15, 0.2) is 18.2 Å². The van der Waals surface area contributed by atoms with E-state index < -0.39 is 7.12 Å². The lowest BCUT2D eigenvalue weighted by Crippen LogP contribution is -2.34. The second-order valence-electron chi connectivity index (χ2n) is 3.53. The molecule has 3 heteroatoms. The SMILES string of the molecule is Cc1ccc2c(c1)B(O)OCCC2. The molecule has 13 heavy (non-hydrogen) atoms. The van der Waals surface area contributed by atoms with Crippen LogP contribution in [0, 0.1) is 6.92 Å². The van der Waals surface area contributed by atoms with Crippen molar-refractivity contribution >= 4 is 12.6 Å². The van der Waals surface area contributed by atoms with E-state index in [1.54, 1.807) is 0 Å². The molecule has 0 saturated carbocycles. The Balaban J connectivity index is 2.43. The van der Waals surface area contributed by atoms with Gasteiger partial charge in [0.2, 0.25) is 0 Å². The van der Waals surface area contributed by atoms with Crippen LogP contribution in [-0.4, -0.2) is 18.7 Å². The summed E-state index contributed by atoms with van der Waals surface area (Å²) >= 11 is 0. The highest BCUT2D eigenvalue weighted by Crippen LogP contribution is 2.09. The molecule has 0 spiro atoms. The van der Waals surface area contributed by atoms with Gasteiger partial charge in [-0.3, -0.25) is 0 Å². The van der Waals surface area contributed by atoms with E-state index in [1.165, 1.54) is 11.1 Å². The average molecular weight is 176 g/mol. The Morgan fingerprint density at radius 3 is 3.15 bits per heavy atom. The van der Waals surface area contributed by atoms with E-state index in [-0.39, 0.29) is 0 Å². The van der Waals surface area contributed by atoms with Gasteiger partial charge in [-0.15, -0.1) is 0 Å². The molecule has 1 N–H and O–H groups in total. The normalized spacial score (nSPS) is 16.6. The van der Waals surface area contributed by atoms with Crippen molar-refractivity contribution < 1.29 is 9.68 Å². The first-order chi connectivity index (χ1) is 6.27. The molecule has 1 aromatic carbocycles. The molecule has 0 fully saturated rings. The summed E-state index contributed by atoms with van der Waals surface area (Å²) in [5, 5.41) is 9.64. The molecule has 68 valence electrons. The second kappa shape index (κ2) is 3.52. The summed E-state index contributed by atoms with van der Waals surface area (Å²) < 4.78 is 5.24. The summed E-state index contributed by atoms with van der Waals surface area (Å²) in [5.41, 5.74) is 3.33. The predicted octanol–water partition coefficient (Wildman–Crippen LogP) is 0.645. The van der Waals surface area contributed by atoms with Gasteiger partial charge in [0.1, 0.15) is 0 Å². The Bertz CT molecular complexity index is 312. The number of aryl methyl sites for hydroxylation is 2. The maximum Gasteiger partial charge on any atom is 0.491 e. The minimum atomic E-state index is -0.725. The Morgan fingerprint density at radius 1 is 1.46 bits per heavy atom. The largest absolute Gasteiger partial charge is 0.491 e. The van der Waals surface area contributed by atoms with Crippen LogP contribution >= 0.6 is 0 Å². The first-order valence-corrected chi connectivity index (χ1v) is 4.66. The number of hydrogen-bond donors (Lipinski definition) is 1. The van der Waals surface area contributed by atoms with Gasteiger partial charge in [0.05, 0.1) is 0 Å². The summed E-state index contributed by atoms with van der Waals surface area (Å²) in [5.74, 6) is 0. The molecule has 0 bridgehead atoms. The van der Waals surface area contributed by atoms with Gasteiger partial charge in [-0.1, -0.05) is 23.8 Å². The number of rotatable bonds is 0. The average Bonchev–Trinajstić information content (AvgIpc) is 2.29. The van der Waals surface area contributed by atoms with Gasteiger partial charge in [-0.05, 0) is 30.8 Å². The van der Waals surface area contributed by atoms with E-state index in [2.05, 4.69) is 12.1 Å². The Hall–Kier alpha value is -0.795. The summed E-state index contributed by atoms with van der Waals surface area (Å²) in [6.07, 6.45) is 2.00. The molecule has 1 aliphatic rings. The van der Waals surface area contributed by atoms with Crippen molar-refractivity contribution in [2.75, 3.05) is 6.61 Å². The van der Waals surface area contributed by atoms with E-state index in [0.717, 1.165) is 18.3 Å². The van der Waals surface area contributed by atoms with E-state index in [1.807, 2.05) is 13.0 Å². The van der Waals surface area contributed by atoms with Crippen LogP contribution in [-0.2, 0) is 11.1 Å². The van der Waals surface area contributed by atoms with Crippen LogP contribution in [0.4, 0.5) is 0 Å². The number of fused-ring (bicyclic) bond motifs is 1. The third kappa shape index (κ3) is 1.76. The van der Waals surface area contributed by atoms with Gasteiger partial charge in [-0.25, -0.2) is 0 Å². The lowest BCUT2D eigenvalue weighted by molar-refractivity contribution is 0.270. The Labute approximate surface area is 78.7 Å². The van der Waals surface area contributed by atoms with Crippen LogP contribution in [0.25, 0.3) is 0 Å². The first-order valence-electron chi connectivity index (χ1n) is 4.66. The predicted molar refractivity (Wildman–Crippen MR) is 53.1 cm³/mol. The van der Waals surface area contributed by atoms with Crippen molar-refractivity contribution in [1.29, 1.82) is 0 Å². The smallest absolute Gasteiger partial charge is 0.423 e. The van der Waals surface area contributed by atoms with Gasteiger partial charge < -0.3 is 9.68 Å². The highest BCUT2D eigenvalue weighted by molar-refractivity contribution is 6.60. The maximum atomic E-state index is 9.64. The molecule has 0 radical (unpaired) electrons. The summed E-state index contributed by atoms with van der Waals surface area (Å²) in [4.78, 5) is 0. The molecule has 0 atom stereocenters. The molecule has 1 aliphatic heterocycles. The lowest BCUT2D eigenvalue weighted by atomic mass is 9.75. The summed E-state index contributed by atoms with van der Waals surface area (Å²) in [7, 11) is -0.725. The molecule has 0 aliphatic carbocycles. The van der Waals surface area contributed by atoms with Crippen molar-refractivity contribution in [2.45, 2.75) is 19.8 Å². The maximum absolute atomic E-state index is 9.64. The third-order valence-corrected chi connectivity index (χ3v) is 2.43. The fourth-order valence-electron chi connectivity index (χ4n) is 1.72. The van der Waals surface area contributed by atoms with Gasteiger partial charge in [0, 0.05) is 6.61 Å². The standard InChI is InChI=1S/C10H13BO2/c1-8-4-5-9-3-2-6-13-11(12)10(9)7-8/h4-5,7,12H,2-3,6H2,1H3. The van der Waals surface area contributed by atoms with E-state index in [9.17, 15) is 5.02 Å². The minimum absolute atomic E-state index is 0.648. The molecule has 0 saturated heterocycles. The van der Waals surface area contributed by atoms with Crippen LogP contribution in [0.3, 0.4) is 0 Å². The zero-order valence-corrected chi connectivity index (χ0v) is 7.79. The Morgan fingerprint density at radius 2 is 2.31 bits per heavy atom. The lowest BCUT2D eigenvalue weighted by Gasteiger charge is -2.07.